The summed E-state index contributed by atoms with van der Waals surface area (Å²) in [5, 5.41) is 6.67. The van der Waals surface area contributed by atoms with Gasteiger partial charge in [0.2, 0.25) is 0 Å². The van der Waals surface area contributed by atoms with Crippen molar-refractivity contribution in [3.8, 4) is 0 Å². The van der Waals surface area contributed by atoms with Crippen LogP contribution in [-0.4, -0.2) is 41.8 Å². The van der Waals surface area contributed by atoms with Gasteiger partial charge < -0.3 is 10.1 Å². The van der Waals surface area contributed by atoms with Crippen LogP contribution in [0.2, 0.25) is 0 Å². The molecule has 3 aromatic rings. The Kier molecular flexibility index (Phi) is 7.40. The number of thiophene rings is 1. The van der Waals surface area contributed by atoms with Crippen LogP contribution in [-0.2, 0) is 20.7 Å². The maximum absolute atomic E-state index is 11.8. The summed E-state index contributed by atoms with van der Waals surface area (Å²) < 4.78 is 6.69. The highest BCUT2D eigenvalue weighted by molar-refractivity contribution is 8.01. The number of thiazole rings is 1. The lowest BCUT2D eigenvalue weighted by Gasteiger charge is -2.07. The summed E-state index contributed by atoms with van der Waals surface area (Å²) in [5.74, 6) is -1.18. The third kappa shape index (κ3) is 6.32. The van der Waals surface area contributed by atoms with Crippen molar-refractivity contribution in [3.63, 3.8) is 0 Å². The van der Waals surface area contributed by atoms with Gasteiger partial charge in [-0.3, -0.25) is 14.9 Å². The van der Waals surface area contributed by atoms with Crippen molar-refractivity contribution < 1.29 is 19.1 Å². The largest absolute Gasteiger partial charge is 0.455 e. The highest BCUT2D eigenvalue weighted by atomic mass is 32.2. The molecule has 0 atom stereocenters. The first kappa shape index (κ1) is 20.3. The van der Waals surface area contributed by atoms with E-state index in [1.807, 2.05) is 41.8 Å². The smallest absolute Gasteiger partial charge is 0.321 e. The summed E-state index contributed by atoms with van der Waals surface area (Å²) in [6.45, 7) is -0.0875. The van der Waals surface area contributed by atoms with Gasteiger partial charge in [0.15, 0.2) is 10.9 Å². The zero-order valence-electron chi connectivity index (χ0n) is 14.7. The Morgan fingerprint density at radius 2 is 2.00 bits per heavy atom. The standard InChI is InChI=1S/C18H17N3O4S3/c22-15(21-17(24)19-8-7-12-4-3-9-26-12)10-25-16(23)11-27-18-20-13-5-1-2-6-14(13)28-18/h1-6,9H,7-8,10-11H2,(H2,19,21,22,24). The minimum Gasteiger partial charge on any atom is -0.455 e. The minimum absolute atomic E-state index is 0.0418. The Balaban J connectivity index is 1.31. The van der Waals surface area contributed by atoms with Crippen LogP contribution >= 0.6 is 34.4 Å². The van der Waals surface area contributed by atoms with Crippen molar-refractivity contribution in [2.75, 3.05) is 18.9 Å². The zero-order valence-corrected chi connectivity index (χ0v) is 17.1. The summed E-state index contributed by atoms with van der Waals surface area (Å²) in [4.78, 5) is 40.6. The number of nitrogens with one attached hydrogen (secondary N) is 2. The average molecular weight is 436 g/mol. The normalized spacial score (nSPS) is 10.6. The molecule has 0 aliphatic rings. The van der Waals surface area contributed by atoms with E-state index in [0.717, 1.165) is 19.4 Å². The number of nitrogens with zero attached hydrogens (tertiary/aromatic N) is 1. The maximum atomic E-state index is 11.8. The van der Waals surface area contributed by atoms with Gasteiger partial charge in [-0.1, -0.05) is 30.0 Å². The van der Waals surface area contributed by atoms with E-state index in [1.54, 1.807) is 11.3 Å². The van der Waals surface area contributed by atoms with E-state index >= 15 is 0 Å². The zero-order chi connectivity index (χ0) is 19.8. The molecule has 0 aliphatic heterocycles. The Labute approximate surface area is 173 Å². The molecule has 2 heterocycles. The van der Waals surface area contributed by atoms with E-state index in [-0.39, 0.29) is 5.75 Å². The van der Waals surface area contributed by atoms with Crippen molar-refractivity contribution in [1.29, 1.82) is 0 Å². The number of amides is 3. The van der Waals surface area contributed by atoms with E-state index in [2.05, 4.69) is 15.6 Å². The molecule has 0 spiro atoms. The third-order valence-electron chi connectivity index (χ3n) is 3.44. The quantitative estimate of drug-likeness (QED) is 0.417. The van der Waals surface area contributed by atoms with Gasteiger partial charge in [0, 0.05) is 11.4 Å². The molecule has 0 radical (unpaired) electrons. The number of hydrogen-bond donors (Lipinski definition) is 2. The number of fused-ring (bicyclic) bond motifs is 1. The molecule has 10 heteroatoms. The van der Waals surface area contributed by atoms with Crippen molar-refractivity contribution >= 4 is 62.6 Å². The van der Waals surface area contributed by atoms with Crippen molar-refractivity contribution in [2.45, 2.75) is 10.8 Å². The Bertz CT molecular complexity index is 923. The lowest BCUT2D eigenvalue weighted by molar-refractivity contribution is -0.145. The molecule has 28 heavy (non-hydrogen) atoms. The van der Waals surface area contributed by atoms with Gasteiger partial charge in [-0.25, -0.2) is 9.78 Å². The number of para-hydroxylation sites is 1. The highest BCUT2D eigenvalue weighted by Crippen LogP contribution is 2.29. The second-order valence-corrected chi connectivity index (χ2v) is 8.82. The molecule has 2 N–H and O–H groups in total. The lowest BCUT2D eigenvalue weighted by Crippen LogP contribution is -2.42. The molecular formula is C18H17N3O4S3. The number of thioether (sulfide) groups is 1. The summed E-state index contributed by atoms with van der Waals surface area (Å²) in [6.07, 6.45) is 0.692. The minimum atomic E-state index is -0.674. The predicted octanol–water partition coefficient (Wildman–Crippen LogP) is 3.06. The van der Waals surface area contributed by atoms with Gasteiger partial charge in [0.05, 0.1) is 16.0 Å². The summed E-state index contributed by atoms with van der Waals surface area (Å²) in [7, 11) is 0. The number of carbonyl (C=O) groups is 3. The Morgan fingerprint density at radius 1 is 1.14 bits per heavy atom. The van der Waals surface area contributed by atoms with Crippen LogP contribution in [0.5, 0.6) is 0 Å². The molecule has 3 rings (SSSR count). The fourth-order valence-corrected chi connectivity index (χ4v) is 4.76. The molecular weight excluding hydrogens is 418 g/mol. The SMILES string of the molecule is O=C(COC(=O)CSc1nc2ccccc2s1)NC(=O)NCCc1cccs1. The predicted molar refractivity (Wildman–Crippen MR) is 111 cm³/mol. The Hall–Kier alpha value is -2.43. The van der Waals surface area contributed by atoms with Crippen LogP contribution in [0.1, 0.15) is 4.88 Å². The van der Waals surface area contributed by atoms with Crippen LogP contribution in [0.4, 0.5) is 4.79 Å². The van der Waals surface area contributed by atoms with Crippen LogP contribution in [0.25, 0.3) is 10.2 Å². The molecule has 0 saturated heterocycles. The number of carbonyl (C=O) groups excluding carboxylic acids is 3. The first-order chi connectivity index (χ1) is 13.6. The van der Waals surface area contributed by atoms with E-state index < -0.39 is 24.5 Å². The van der Waals surface area contributed by atoms with Gasteiger partial charge in [-0.05, 0) is 30.0 Å². The third-order valence-corrected chi connectivity index (χ3v) is 6.53. The monoisotopic (exact) mass is 435 g/mol. The number of hydrogen-bond acceptors (Lipinski definition) is 8. The van der Waals surface area contributed by atoms with Gasteiger partial charge in [-0.15, -0.1) is 22.7 Å². The first-order valence-electron chi connectivity index (χ1n) is 8.34. The number of esters is 1. The topological polar surface area (TPSA) is 97.4 Å². The molecule has 0 unspecified atom stereocenters. The van der Waals surface area contributed by atoms with Crippen molar-refractivity contribution in [1.82, 2.24) is 15.6 Å². The summed E-state index contributed by atoms with van der Waals surface area (Å²) >= 11 is 4.35. The number of imide groups is 1. The van der Waals surface area contributed by atoms with Crippen LogP contribution in [0, 0.1) is 0 Å². The number of benzene rings is 1. The fourth-order valence-electron chi connectivity index (χ4n) is 2.18. The molecule has 0 aliphatic carbocycles. The summed E-state index contributed by atoms with van der Waals surface area (Å²) in [5.41, 5.74) is 0.882. The molecule has 0 fully saturated rings. The molecule has 2 aromatic heterocycles. The van der Waals surface area contributed by atoms with E-state index in [9.17, 15) is 14.4 Å². The van der Waals surface area contributed by atoms with Crippen LogP contribution < -0.4 is 10.6 Å². The number of aromatic nitrogens is 1. The molecule has 0 bridgehead atoms. The average Bonchev–Trinajstić information content (AvgIpc) is 3.33. The second kappa shape index (κ2) is 10.2. The number of urea groups is 1. The fraction of sp³-hybridized carbons (Fsp3) is 0.222. The van der Waals surface area contributed by atoms with E-state index in [4.69, 9.17) is 4.74 Å². The molecule has 0 saturated carbocycles. The number of rotatable bonds is 8. The van der Waals surface area contributed by atoms with Crippen LogP contribution in [0.3, 0.4) is 0 Å². The molecule has 7 nitrogen and oxygen atoms in total. The maximum Gasteiger partial charge on any atom is 0.321 e. The van der Waals surface area contributed by atoms with Gasteiger partial charge in [0.25, 0.3) is 5.91 Å². The van der Waals surface area contributed by atoms with Gasteiger partial charge >= 0.3 is 12.0 Å². The second-order valence-electron chi connectivity index (χ2n) is 5.53. The molecule has 146 valence electrons. The van der Waals surface area contributed by atoms with E-state index in [0.29, 0.717) is 13.0 Å². The van der Waals surface area contributed by atoms with Gasteiger partial charge in [-0.2, -0.15) is 0 Å². The van der Waals surface area contributed by atoms with Crippen molar-refractivity contribution in [3.05, 3.63) is 46.7 Å². The number of ether oxygens (including phenoxy) is 1. The highest BCUT2D eigenvalue weighted by Gasteiger charge is 2.12. The molecule has 1 aromatic carbocycles. The van der Waals surface area contributed by atoms with Crippen LogP contribution in [0.15, 0.2) is 46.1 Å². The summed E-state index contributed by atoms with van der Waals surface area (Å²) in [6, 6.07) is 11.0. The van der Waals surface area contributed by atoms with Gasteiger partial charge in [0.1, 0.15) is 0 Å². The Morgan fingerprint density at radius 3 is 2.79 bits per heavy atom. The lowest BCUT2D eigenvalue weighted by atomic mass is 10.3. The van der Waals surface area contributed by atoms with Crippen molar-refractivity contribution in [2.24, 2.45) is 0 Å². The molecule has 3 amide bonds. The van der Waals surface area contributed by atoms with E-state index in [1.165, 1.54) is 23.1 Å². The first-order valence-corrected chi connectivity index (χ1v) is 11.0.